The molecule has 1 aromatic rings. The first-order valence-corrected chi connectivity index (χ1v) is 7.68. The van der Waals surface area contributed by atoms with Crippen molar-refractivity contribution in [3.05, 3.63) is 29.8 Å². The molecule has 0 spiro atoms. The van der Waals surface area contributed by atoms with Crippen LogP contribution in [0.15, 0.2) is 24.3 Å². The third-order valence-corrected chi connectivity index (χ3v) is 3.31. The molecular weight excluding hydrogens is 307 g/mol. The molecule has 0 radical (unpaired) electrons. The van der Waals surface area contributed by atoms with Gasteiger partial charge in [-0.25, -0.2) is 0 Å². The van der Waals surface area contributed by atoms with E-state index in [1.807, 2.05) is 25.7 Å². The first-order valence-electron chi connectivity index (χ1n) is 7.68. The lowest BCUT2D eigenvalue weighted by Crippen LogP contribution is -2.31. The first-order chi connectivity index (χ1) is 10.6. The zero-order chi connectivity index (χ0) is 17.5. The van der Waals surface area contributed by atoms with Crippen LogP contribution in [-0.2, 0) is 15.7 Å². The number of piperidine rings is 1. The Labute approximate surface area is 135 Å². The van der Waals surface area contributed by atoms with Crippen molar-refractivity contribution in [1.29, 1.82) is 0 Å². The van der Waals surface area contributed by atoms with Gasteiger partial charge in [-0.1, -0.05) is 12.1 Å². The average molecular weight is 331 g/mol. The van der Waals surface area contributed by atoms with Gasteiger partial charge < -0.3 is 9.64 Å². The minimum Gasteiger partial charge on any atom is -0.462 e. The van der Waals surface area contributed by atoms with Crippen LogP contribution < -0.4 is 4.90 Å². The van der Waals surface area contributed by atoms with Gasteiger partial charge in [-0.15, -0.1) is 0 Å². The molecule has 3 nitrogen and oxygen atoms in total. The van der Waals surface area contributed by atoms with Gasteiger partial charge in [0.25, 0.3) is 6.47 Å². The molecule has 1 aliphatic rings. The number of carbonyl (C=O) groups excluding carboxylic acids is 1. The number of halogens is 3. The third-order valence-electron chi connectivity index (χ3n) is 3.31. The first kappa shape index (κ1) is 19.3. The Kier molecular flexibility index (Phi) is 6.91. The molecule has 130 valence electrons. The topological polar surface area (TPSA) is 29.5 Å². The van der Waals surface area contributed by atoms with Crippen molar-refractivity contribution < 1.29 is 22.7 Å². The van der Waals surface area contributed by atoms with Crippen LogP contribution in [0.3, 0.4) is 0 Å². The van der Waals surface area contributed by atoms with Crippen LogP contribution in [0.25, 0.3) is 0 Å². The van der Waals surface area contributed by atoms with Crippen molar-refractivity contribution in [2.45, 2.75) is 51.8 Å². The van der Waals surface area contributed by atoms with Crippen molar-refractivity contribution >= 4 is 12.2 Å². The van der Waals surface area contributed by atoms with Gasteiger partial charge >= 0.3 is 6.18 Å². The van der Waals surface area contributed by atoms with Crippen LogP contribution in [0, 0.1) is 0 Å². The van der Waals surface area contributed by atoms with Crippen molar-refractivity contribution in [2.24, 2.45) is 0 Å². The Morgan fingerprint density at radius 3 is 2.04 bits per heavy atom. The zero-order valence-corrected chi connectivity index (χ0v) is 13.8. The van der Waals surface area contributed by atoms with Gasteiger partial charge in [0.1, 0.15) is 5.60 Å². The van der Waals surface area contributed by atoms with Crippen LogP contribution in [0.2, 0.25) is 0 Å². The van der Waals surface area contributed by atoms with E-state index in [9.17, 15) is 18.0 Å². The molecule has 2 rings (SSSR count). The van der Waals surface area contributed by atoms with E-state index in [4.69, 9.17) is 0 Å². The second kappa shape index (κ2) is 8.22. The molecule has 1 aliphatic heterocycles. The number of hydrogen-bond acceptors (Lipinski definition) is 3. The molecule has 0 atom stereocenters. The summed E-state index contributed by atoms with van der Waals surface area (Å²) in [5.41, 5.74) is -0.506. The van der Waals surface area contributed by atoms with Crippen molar-refractivity contribution in [1.82, 2.24) is 0 Å². The zero-order valence-electron chi connectivity index (χ0n) is 13.8. The fourth-order valence-corrected chi connectivity index (χ4v) is 2.27. The summed E-state index contributed by atoms with van der Waals surface area (Å²) >= 11 is 0. The molecule has 1 fully saturated rings. The van der Waals surface area contributed by atoms with E-state index in [1.54, 1.807) is 12.1 Å². The van der Waals surface area contributed by atoms with E-state index >= 15 is 0 Å². The Bertz CT molecular complexity index is 489. The van der Waals surface area contributed by atoms with Crippen LogP contribution in [0.4, 0.5) is 18.9 Å². The van der Waals surface area contributed by atoms with Crippen LogP contribution in [0.1, 0.15) is 45.6 Å². The lowest BCUT2D eigenvalue weighted by atomic mass is 10.1. The van der Waals surface area contributed by atoms with Gasteiger partial charge in [0.15, 0.2) is 0 Å². The molecule has 0 amide bonds. The van der Waals surface area contributed by atoms with Gasteiger partial charge in [-0.3, -0.25) is 4.79 Å². The van der Waals surface area contributed by atoms with Crippen molar-refractivity contribution in [3.8, 4) is 0 Å². The largest absolute Gasteiger partial charge is 0.462 e. The molecular formula is C17H24F3NO2. The number of benzene rings is 1. The summed E-state index contributed by atoms with van der Waals surface area (Å²) in [6, 6.07) is 5.83. The maximum absolute atomic E-state index is 12.8. The Morgan fingerprint density at radius 2 is 1.61 bits per heavy atom. The fourth-order valence-electron chi connectivity index (χ4n) is 2.27. The van der Waals surface area contributed by atoms with Crippen LogP contribution in [0.5, 0.6) is 0 Å². The molecule has 0 saturated carbocycles. The summed E-state index contributed by atoms with van der Waals surface area (Å²) in [4.78, 5) is 11.4. The molecule has 1 heterocycles. The van der Waals surface area contributed by atoms with E-state index in [2.05, 4.69) is 4.74 Å². The number of para-hydroxylation sites is 1. The minimum absolute atomic E-state index is 0.318. The molecule has 0 aromatic heterocycles. The second-order valence-corrected chi connectivity index (χ2v) is 6.39. The second-order valence-electron chi connectivity index (χ2n) is 6.39. The SMILES string of the molecule is CC(C)(C)OC=O.FC(F)(F)c1ccccc1N1CCCCC1. The maximum Gasteiger partial charge on any atom is 0.418 e. The Balaban J connectivity index is 0.000000322. The smallest absolute Gasteiger partial charge is 0.418 e. The quantitative estimate of drug-likeness (QED) is 0.739. The highest BCUT2D eigenvalue weighted by molar-refractivity contribution is 5.55. The Morgan fingerprint density at radius 1 is 1.04 bits per heavy atom. The summed E-state index contributed by atoms with van der Waals surface area (Å²) < 4.78 is 42.9. The van der Waals surface area contributed by atoms with E-state index in [-0.39, 0.29) is 5.60 Å². The minimum atomic E-state index is -4.26. The van der Waals surface area contributed by atoms with E-state index in [1.165, 1.54) is 6.07 Å². The molecule has 0 bridgehead atoms. The third kappa shape index (κ3) is 6.93. The number of ether oxygens (including phenoxy) is 1. The number of nitrogens with zero attached hydrogens (tertiary/aromatic N) is 1. The van der Waals surface area contributed by atoms with E-state index in [0.717, 1.165) is 38.4 Å². The van der Waals surface area contributed by atoms with Gasteiger partial charge in [0.2, 0.25) is 0 Å². The van der Waals surface area contributed by atoms with Gasteiger partial charge in [0.05, 0.1) is 5.56 Å². The summed E-state index contributed by atoms with van der Waals surface area (Å²) in [5, 5.41) is 0. The van der Waals surface area contributed by atoms with Crippen LogP contribution >= 0.6 is 0 Å². The molecule has 0 aliphatic carbocycles. The molecule has 23 heavy (non-hydrogen) atoms. The highest BCUT2D eigenvalue weighted by atomic mass is 19.4. The average Bonchev–Trinajstić information content (AvgIpc) is 2.47. The highest BCUT2D eigenvalue weighted by Gasteiger charge is 2.34. The van der Waals surface area contributed by atoms with Crippen LogP contribution in [-0.4, -0.2) is 25.2 Å². The molecule has 0 unspecified atom stereocenters. The number of anilines is 1. The fraction of sp³-hybridized carbons (Fsp3) is 0.588. The lowest BCUT2D eigenvalue weighted by molar-refractivity contribution is -0.139. The lowest BCUT2D eigenvalue weighted by Gasteiger charge is -2.30. The van der Waals surface area contributed by atoms with E-state index in [0.29, 0.717) is 12.2 Å². The molecule has 6 heteroatoms. The molecule has 1 aromatic carbocycles. The predicted octanol–water partition coefficient (Wildman–Crippen LogP) is 4.65. The van der Waals surface area contributed by atoms with Crippen molar-refractivity contribution in [2.75, 3.05) is 18.0 Å². The standard InChI is InChI=1S/C12H14F3N.C5H10O2/c13-12(14,15)10-6-2-3-7-11(10)16-8-4-1-5-9-16;1-5(2,3)7-4-6/h2-3,6-7H,1,4-5,8-9H2;4H,1-3H3. The molecule has 0 N–H and O–H groups in total. The normalized spacial score (nSPS) is 15.5. The van der Waals surface area contributed by atoms with Gasteiger partial charge in [0, 0.05) is 18.8 Å². The summed E-state index contributed by atoms with van der Waals surface area (Å²) in [7, 11) is 0. The monoisotopic (exact) mass is 331 g/mol. The number of alkyl halides is 3. The predicted molar refractivity (Wildman–Crippen MR) is 84.4 cm³/mol. The summed E-state index contributed by atoms with van der Waals surface area (Å²) in [6.07, 6.45) is -1.18. The maximum atomic E-state index is 12.8. The summed E-state index contributed by atoms with van der Waals surface area (Å²) in [5.74, 6) is 0. The van der Waals surface area contributed by atoms with Gasteiger partial charge in [-0.2, -0.15) is 13.2 Å². The number of carbonyl (C=O) groups is 1. The highest BCUT2D eigenvalue weighted by Crippen LogP contribution is 2.37. The van der Waals surface area contributed by atoms with Crippen molar-refractivity contribution in [3.63, 3.8) is 0 Å². The Hall–Kier alpha value is -1.72. The number of hydrogen-bond donors (Lipinski definition) is 0. The summed E-state index contributed by atoms with van der Waals surface area (Å²) in [6.45, 7) is 7.38. The molecule has 1 saturated heterocycles. The van der Waals surface area contributed by atoms with E-state index < -0.39 is 11.7 Å². The number of rotatable bonds is 2. The van der Waals surface area contributed by atoms with Gasteiger partial charge in [-0.05, 0) is 52.2 Å².